The highest BCUT2D eigenvalue weighted by atomic mass is 16.3. The van der Waals surface area contributed by atoms with Gasteiger partial charge in [0.15, 0.2) is 0 Å². The van der Waals surface area contributed by atoms with Crippen molar-refractivity contribution in [1.29, 1.82) is 0 Å². The van der Waals surface area contributed by atoms with E-state index in [1.165, 1.54) is 5.56 Å². The average molecular weight is 164 g/mol. The summed E-state index contributed by atoms with van der Waals surface area (Å²) in [7, 11) is 1.87. The van der Waals surface area contributed by atoms with Crippen LogP contribution >= 0.6 is 0 Å². The first-order valence-corrected chi connectivity index (χ1v) is 3.84. The molecule has 0 aliphatic heterocycles. The van der Waals surface area contributed by atoms with Crippen LogP contribution in [0.3, 0.4) is 0 Å². The Bertz CT molecular complexity index is 236. The molecule has 0 heterocycles. The maximum absolute atomic E-state index is 9.91. The Morgan fingerprint density at radius 2 is 2.00 bits per heavy atom. The van der Waals surface area contributed by atoms with Crippen LogP contribution in [0, 0.1) is 4.91 Å². The summed E-state index contributed by atoms with van der Waals surface area (Å²) < 4.78 is 0. The second-order valence-electron chi connectivity index (χ2n) is 2.77. The molecule has 0 N–H and O–H groups in total. The molecule has 0 aliphatic carbocycles. The van der Waals surface area contributed by atoms with Crippen molar-refractivity contribution in [1.82, 2.24) is 4.90 Å². The molecule has 0 fully saturated rings. The third-order valence-corrected chi connectivity index (χ3v) is 1.59. The third kappa shape index (κ3) is 2.80. The van der Waals surface area contributed by atoms with Crippen LogP contribution in [0.1, 0.15) is 5.56 Å². The summed E-state index contributed by atoms with van der Waals surface area (Å²) >= 11 is 0. The topological polar surface area (TPSA) is 32.7 Å². The molecule has 64 valence electrons. The largest absolute Gasteiger partial charge is 0.280 e. The molecule has 1 rings (SSSR count). The van der Waals surface area contributed by atoms with Gasteiger partial charge >= 0.3 is 0 Å². The molecule has 12 heavy (non-hydrogen) atoms. The minimum atomic E-state index is 0.245. The Morgan fingerprint density at radius 3 is 2.58 bits per heavy atom. The molecule has 0 atom stereocenters. The summed E-state index contributed by atoms with van der Waals surface area (Å²) in [4.78, 5) is 11.8. The van der Waals surface area contributed by atoms with Crippen LogP contribution in [0.5, 0.6) is 0 Å². The molecule has 0 spiro atoms. The third-order valence-electron chi connectivity index (χ3n) is 1.59. The zero-order valence-electron chi connectivity index (χ0n) is 7.10. The molecule has 0 saturated carbocycles. The van der Waals surface area contributed by atoms with Gasteiger partial charge in [-0.25, -0.2) is 0 Å². The Labute approximate surface area is 72.0 Å². The number of rotatable bonds is 4. The molecule has 3 heteroatoms. The van der Waals surface area contributed by atoms with Gasteiger partial charge in [0.1, 0.15) is 6.67 Å². The monoisotopic (exact) mass is 164 g/mol. The van der Waals surface area contributed by atoms with Gasteiger partial charge in [-0.15, -0.1) is 4.91 Å². The van der Waals surface area contributed by atoms with Crippen LogP contribution in [0.15, 0.2) is 35.5 Å². The van der Waals surface area contributed by atoms with Gasteiger partial charge in [-0.3, -0.25) is 4.90 Å². The van der Waals surface area contributed by atoms with E-state index in [1.54, 1.807) is 0 Å². The highest BCUT2D eigenvalue weighted by Gasteiger charge is 1.97. The normalized spacial score (nSPS) is 10.2. The summed E-state index contributed by atoms with van der Waals surface area (Å²) in [6.07, 6.45) is 0. The van der Waals surface area contributed by atoms with Crippen LogP contribution < -0.4 is 0 Å². The minimum absolute atomic E-state index is 0.245. The maximum atomic E-state index is 9.91. The first kappa shape index (κ1) is 8.87. The SMILES string of the molecule is CN(CN=O)Cc1ccccc1. The fourth-order valence-corrected chi connectivity index (χ4v) is 1.04. The molecule has 0 saturated heterocycles. The summed E-state index contributed by atoms with van der Waals surface area (Å²) in [6.45, 7) is 1.02. The number of nitrogens with zero attached hydrogens (tertiary/aromatic N) is 2. The molecule has 0 radical (unpaired) electrons. The highest BCUT2D eigenvalue weighted by molar-refractivity contribution is 5.14. The molecule has 0 aliphatic rings. The molecule has 0 bridgehead atoms. The predicted molar refractivity (Wildman–Crippen MR) is 48.6 cm³/mol. The van der Waals surface area contributed by atoms with Gasteiger partial charge in [-0.2, -0.15) is 0 Å². The van der Waals surface area contributed by atoms with E-state index in [0.29, 0.717) is 0 Å². The van der Waals surface area contributed by atoms with Gasteiger partial charge < -0.3 is 0 Å². The van der Waals surface area contributed by atoms with E-state index in [-0.39, 0.29) is 6.67 Å². The second-order valence-corrected chi connectivity index (χ2v) is 2.77. The van der Waals surface area contributed by atoms with Crippen molar-refractivity contribution in [2.75, 3.05) is 13.7 Å². The Morgan fingerprint density at radius 1 is 1.33 bits per heavy atom. The zero-order chi connectivity index (χ0) is 8.81. The summed E-state index contributed by atoms with van der Waals surface area (Å²) in [6, 6.07) is 10.00. The van der Waals surface area contributed by atoms with E-state index in [4.69, 9.17) is 0 Å². The summed E-state index contributed by atoms with van der Waals surface area (Å²) in [5.41, 5.74) is 1.20. The summed E-state index contributed by atoms with van der Waals surface area (Å²) in [5, 5.41) is 2.81. The minimum Gasteiger partial charge on any atom is -0.280 e. The lowest BCUT2D eigenvalue weighted by molar-refractivity contribution is 0.337. The van der Waals surface area contributed by atoms with E-state index in [9.17, 15) is 4.91 Å². The van der Waals surface area contributed by atoms with E-state index in [1.807, 2.05) is 42.3 Å². The number of hydrogen-bond donors (Lipinski definition) is 0. The van der Waals surface area contributed by atoms with Crippen LogP contribution in [-0.2, 0) is 6.54 Å². The van der Waals surface area contributed by atoms with Gasteiger partial charge in [0.25, 0.3) is 0 Å². The molecular weight excluding hydrogens is 152 g/mol. The van der Waals surface area contributed by atoms with Crippen molar-refractivity contribution in [3.05, 3.63) is 40.8 Å². The average Bonchev–Trinajstić information content (AvgIpc) is 2.06. The van der Waals surface area contributed by atoms with E-state index >= 15 is 0 Å². The van der Waals surface area contributed by atoms with Crippen LogP contribution in [0.4, 0.5) is 0 Å². The lowest BCUT2D eigenvalue weighted by atomic mass is 10.2. The Balaban J connectivity index is 2.46. The Kier molecular flexibility index (Phi) is 3.41. The predicted octanol–water partition coefficient (Wildman–Crippen LogP) is 1.84. The molecule has 3 nitrogen and oxygen atoms in total. The van der Waals surface area contributed by atoms with Crippen molar-refractivity contribution in [3.63, 3.8) is 0 Å². The molecule has 1 aromatic rings. The van der Waals surface area contributed by atoms with Gasteiger partial charge in [0.05, 0.1) is 0 Å². The first-order valence-electron chi connectivity index (χ1n) is 3.84. The number of hydrogen-bond acceptors (Lipinski definition) is 3. The first-order chi connectivity index (χ1) is 5.83. The van der Waals surface area contributed by atoms with Crippen molar-refractivity contribution >= 4 is 0 Å². The number of benzene rings is 1. The van der Waals surface area contributed by atoms with Crippen molar-refractivity contribution in [2.45, 2.75) is 6.54 Å². The molecule has 1 aromatic carbocycles. The van der Waals surface area contributed by atoms with E-state index in [2.05, 4.69) is 5.18 Å². The number of nitroso groups, excluding NO2 is 1. The second kappa shape index (κ2) is 4.62. The van der Waals surface area contributed by atoms with E-state index in [0.717, 1.165) is 6.54 Å². The Hall–Kier alpha value is -1.22. The fourth-order valence-electron chi connectivity index (χ4n) is 1.04. The molecule has 0 aromatic heterocycles. The maximum Gasteiger partial charge on any atom is 0.134 e. The molecule has 0 amide bonds. The van der Waals surface area contributed by atoms with Crippen molar-refractivity contribution in [3.8, 4) is 0 Å². The van der Waals surface area contributed by atoms with Gasteiger partial charge in [-0.05, 0) is 12.6 Å². The van der Waals surface area contributed by atoms with Crippen molar-refractivity contribution < 1.29 is 0 Å². The fraction of sp³-hybridized carbons (Fsp3) is 0.333. The lowest BCUT2D eigenvalue weighted by Crippen LogP contribution is -2.17. The smallest absolute Gasteiger partial charge is 0.134 e. The molecular formula is C9H12N2O. The summed E-state index contributed by atoms with van der Waals surface area (Å²) in [5.74, 6) is 0. The molecule has 0 unspecified atom stereocenters. The van der Waals surface area contributed by atoms with E-state index < -0.39 is 0 Å². The zero-order valence-corrected chi connectivity index (χ0v) is 7.10. The standard InChI is InChI=1S/C9H12N2O/c1-11(8-10-12)7-9-5-3-2-4-6-9/h2-6H,7-8H2,1H3. The van der Waals surface area contributed by atoms with Gasteiger partial charge in [0.2, 0.25) is 0 Å². The highest BCUT2D eigenvalue weighted by Crippen LogP contribution is 2.01. The van der Waals surface area contributed by atoms with Gasteiger partial charge in [-0.1, -0.05) is 35.5 Å². The van der Waals surface area contributed by atoms with Crippen LogP contribution in [-0.4, -0.2) is 18.6 Å². The van der Waals surface area contributed by atoms with Gasteiger partial charge in [0, 0.05) is 6.54 Å². The van der Waals surface area contributed by atoms with Crippen LogP contribution in [0.2, 0.25) is 0 Å². The van der Waals surface area contributed by atoms with Crippen molar-refractivity contribution in [2.24, 2.45) is 5.18 Å². The lowest BCUT2D eigenvalue weighted by Gasteiger charge is -2.11. The quantitative estimate of drug-likeness (QED) is 0.636. The van der Waals surface area contributed by atoms with Crippen LogP contribution in [0.25, 0.3) is 0 Å².